The molecule has 1 N–H and O–H groups in total. The van der Waals surface area contributed by atoms with E-state index < -0.39 is 5.92 Å². The number of allylic oxidation sites excluding steroid dienone is 1. The lowest BCUT2D eigenvalue weighted by atomic mass is 9.70. The van der Waals surface area contributed by atoms with Crippen molar-refractivity contribution in [2.45, 2.75) is 38.0 Å². The second kappa shape index (κ2) is 2.78. The summed E-state index contributed by atoms with van der Waals surface area (Å²) in [5.74, 6) is -2.63. The number of carbonyl (C=O) groups is 1. The Balaban J connectivity index is 2.13. The largest absolute Gasteiger partial charge is 0.330 e. The highest BCUT2D eigenvalue weighted by Gasteiger charge is 2.49. The van der Waals surface area contributed by atoms with E-state index in [4.69, 9.17) is 0 Å². The van der Waals surface area contributed by atoms with Crippen molar-refractivity contribution >= 4 is 5.91 Å². The lowest BCUT2D eigenvalue weighted by molar-refractivity contribution is -0.120. The van der Waals surface area contributed by atoms with Gasteiger partial charge >= 0.3 is 0 Å². The van der Waals surface area contributed by atoms with Crippen LogP contribution in [0.25, 0.3) is 0 Å². The van der Waals surface area contributed by atoms with E-state index in [0.29, 0.717) is 25.0 Å². The topological polar surface area (TPSA) is 29.1 Å². The third kappa shape index (κ3) is 1.42. The van der Waals surface area contributed by atoms with Gasteiger partial charge in [0.25, 0.3) is 0 Å². The molecule has 4 heteroatoms. The highest BCUT2D eigenvalue weighted by Crippen LogP contribution is 2.50. The SMILES string of the molecule is C=C1NC(=O)CC12CCC(F)(F)CC2. The van der Waals surface area contributed by atoms with Crippen molar-refractivity contribution in [1.82, 2.24) is 5.32 Å². The van der Waals surface area contributed by atoms with Crippen LogP contribution in [0.2, 0.25) is 0 Å². The van der Waals surface area contributed by atoms with Gasteiger partial charge in [-0.1, -0.05) is 6.58 Å². The fourth-order valence-corrected chi connectivity index (χ4v) is 2.33. The number of halogens is 2. The maximum atomic E-state index is 12.9. The molecule has 0 aromatic rings. The average Bonchev–Trinajstić information content (AvgIpc) is 2.35. The minimum atomic E-state index is -2.54. The quantitative estimate of drug-likeness (QED) is 0.639. The molecule has 0 aromatic carbocycles. The van der Waals surface area contributed by atoms with Gasteiger partial charge in [-0.15, -0.1) is 0 Å². The second-order valence-corrected chi connectivity index (χ2v) is 4.34. The van der Waals surface area contributed by atoms with Crippen LogP contribution >= 0.6 is 0 Å². The van der Waals surface area contributed by atoms with E-state index >= 15 is 0 Å². The minimum absolute atomic E-state index is 0.0831. The molecule has 0 radical (unpaired) electrons. The molecule has 2 aliphatic rings. The van der Waals surface area contributed by atoms with Gasteiger partial charge < -0.3 is 5.32 Å². The van der Waals surface area contributed by atoms with Gasteiger partial charge in [-0.25, -0.2) is 8.78 Å². The van der Waals surface area contributed by atoms with Crippen LogP contribution in [0.5, 0.6) is 0 Å². The number of hydrogen-bond donors (Lipinski definition) is 1. The van der Waals surface area contributed by atoms with Crippen LogP contribution in [0, 0.1) is 5.41 Å². The molecule has 0 unspecified atom stereocenters. The van der Waals surface area contributed by atoms with Gasteiger partial charge in [-0.05, 0) is 12.8 Å². The van der Waals surface area contributed by atoms with Gasteiger partial charge in [0.15, 0.2) is 0 Å². The van der Waals surface area contributed by atoms with Crippen LogP contribution < -0.4 is 5.32 Å². The normalized spacial score (nSPS) is 29.3. The van der Waals surface area contributed by atoms with Crippen molar-refractivity contribution < 1.29 is 13.6 Å². The molecule has 0 aromatic heterocycles. The maximum Gasteiger partial charge on any atom is 0.248 e. The summed E-state index contributed by atoms with van der Waals surface area (Å²) in [6.45, 7) is 3.75. The van der Waals surface area contributed by atoms with E-state index in [0.717, 1.165) is 0 Å². The number of nitrogens with one attached hydrogen (secondary N) is 1. The van der Waals surface area contributed by atoms with Gasteiger partial charge in [0.1, 0.15) is 0 Å². The molecule has 1 saturated heterocycles. The first kappa shape index (κ1) is 9.62. The van der Waals surface area contributed by atoms with Crippen molar-refractivity contribution in [1.29, 1.82) is 0 Å². The summed E-state index contributed by atoms with van der Waals surface area (Å²) in [6, 6.07) is 0. The fraction of sp³-hybridized carbons (Fsp3) is 0.700. The highest BCUT2D eigenvalue weighted by molar-refractivity contribution is 5.82. The fourth-order valence-electron chi connectivity index (χ4n) is 2.33. The Labute approximate surface area is 81.4 Å². The number of carbonyl (C=O) groups excluding carboxylic acids is 1. The van der Waals surface area contributed by atoms with Gasteiger partial charge in [-0.2, -0.15) is 0 Å². The van der Waals surface area contributed by atoms with Gasteiger partial charge in [0, 0.05) is 30.4 Å². The summed E-state index contributed by atoms with van der Waals surface area (Å²) in [5.41, 5.74) is 0.261. The van der Waals surface area contributed by atoms with Crippen LogP contribution in [-0.2, 0) is 4.79 Å². The van der Waals surface area contributed by atoms with Crippen molar-refractivity contribution in [3.63, 3.8) is 0 Å². The summed E-state index contributed by atoms with van der Waals surface area (Å²) < 4.78 is 25.9. The molecule has 2 fully saturated rings. The van der Waals surface area contributed by atoms with E-state index in [1.54, 1.807) is 0 Å². The number of rotatable bonds is 0. The number of alkyl halides is 2. The number of amides is 1. The van der Waals surface area contributed by atoms with E-state index in [1.165, 1.54) is 0 Å². The van der Waals surface area contributed by atoms with Gasteiger partial charge in [-0.3, -0.25) is 4.79 Å². The molecule has 1 amide bonds. The van der Waals surface area contributed by atoms with Crippen molar-refractivity contribution in [3.05, 3.63) is 12.3 Å². The summed E-state index contributed by atoms with van der Waals surface area (Å²) in [6.07, 6.45) is 0.832. The third-order valence-corrected chi connectivity index (χ3v) is 3.37. The first-order valence-corrected chi connectivity index (χ1v) is 4.81. The first-order valence-electron chi connectivity index (χ1n) is 4.81. The predicted octanol–water partition coefficient (Wildman–Crippen LogP) is 2.22. The molecular weight excluding hydrogens is 188 g/mol. The summed E-state index contributed by atoms with van der Waals surface area (Å²) in [7, 11) is 0. The predicted molar refractivity (Wildman–Crippen MR) is 47.7 cm³/mol. The van der Waals surface area contributed by atoms with Crippen LogP contribution in [0.15, 0.2) is 12.3 Å². The van der Waals surface area contributed by atoms with Crippen LogP contribution in [0.3, 0.4) is 0 Å². The van der Waals surface area contributed by atoms with Gasteiger partial charge in [0.2, 0.25) is 11.8 Å². The lowest BCUT2D eigenvalue weighted by Gasteiger charge is -2.36. The molecule has 2 nitrogen and oxygen atoms in total. The van der Waals surface area contributed by atoms with Crippen LogP contribution in [-0.4, -0.2) is 11.8 Å². The molecule has 1 saturated carbocycles. The Bertz CT molecular complexity index is 288. The molecule has 1 spiro atoms. The zero-order valence-corrected chi connectivity index (χ0v) is 7.91. The second-order valence-electron chi connectivity index (χ2n) is 4.34. The summed E-state index contributed by atoms with van der Waals surface area (Å²) >= 11 is 0. The summed E-state index contributed by atoms with van der Waals surface area (Å²) in [5, 5.41) is 2.63. The van der Waals surface area contributed by atoms with Crippen molar-refractivity contribution in [2.24, 2.45) is 5.41 Å². The first-order chi connectivity index (χ1) is 6.44. The molecule has 14 heavy (non-hydrogen) atoms. The summed E-state index contributed by atoms with van der Waals surface area (Å²) in [4.78, 5) is 11.1. The standard InChI is InChI=1S/C10H13F2NO/c1-7-9(6-8(14)13-7)2-4-10(11,12)5-3-9/h1-6H2,(H,13,14). The Morgan fingerprint density at radius 2 is 1.79 bits per heavy atom. The molecule has 1 heterocycles. The molecule has 0 bridgehead atoms. The van der Waals surface area contributed by atoms with Crippen LogP contribution in [0.4, 0.5) is 8.78 Å². The molecule has 78 valence electrons. The minimum Gasteiger partial charge on any atom is -0.330 e. The zero-order chi connectivity index (χ0) is 10.4. The van der Waals surface area contributed by atoms with Crippen molar-refractivity contribution in [2.75, 3.05) is 0 Å². The van der Waals surface area contributed by atoms with Crippen LogP contribution in [0.1, 0.15) is 32.1 Å². The number of hydrogen-bond acceptors (Lipinski definition) is 1. The smallest absolute Gasteiger partial charge is 0.248 e. The maximum absolute atomic E-state index is 12.9. The lowest BCUT2D eigenvalue weighted by Crippen LogP contribution is -2.33. The van der Waals surface area contributed by atoms with E-state index in [-0.39, 0.29) is 24.2 Å². The Kier molecular flexibility index (Phi) is 1.91. The van der Waals surface area contributed by atoms with E-state index in [9.17, 15) is 13.6 Å². The highest BCUT2D eigenvalue weighted by atomic mass is 19.3. The molecule has 0 atom stereocenters. The van der Waals surface area contributed by atoms with E-state index in [2.05, 4.69) is 11.9 Å². The molecular formula is C10H13F2NO. The Hall–Kier alpha value is -0.930. The average molecular weight is 201 g/mol. The monoisotopic (exact) mass is 201 g/mol. The Morgan fingerprint density at radius 3 is 2.21 bits per heavy atom. The Morgan fingerprint density at radius 1 is 1.21 bits per heavy atom. The van der Waals surface area contributed by atoms with Gasteiger partial charge in [0.05, 0.1) is 0 Å². The third-order valence-electron chi connectivity index (χ3n) is 3.37. The molecule has 1 aliphatic heterocycles. The van der Waals surface area contributed by atoms with Crippen molar-refractivity contribution in [3.8, 4) is 0 Å². The zero-order valence-electron chi connectivity index (χ0n) is 7.91. The molecule has 1 aliphatic carbocycles. The molecule has 2 rings (SSSR count). The van der Waals surface area contributed by atoms with E-state index in [1.807, 2.05) is 0 Å².